The average Bonchev–Trinajstić information content (AvgIpc) is 3.31. The van der Waals surface area contributed by atoms with Crippen molar-refractivity contribution in [2.45, 2.75) is 231 Å². The zero-order valence-corrected chi connectivity index (χ0v) is 44.4. The number of hydrogen-bond acceptors (Lipinski definition) is 18. The van der Waals surface area contributed by atoms with E-state index < -0.39 is 157 Å². The Balaban J connectivity index is 1.28. The fourth-order valence-corrected chi connectivity index (χ4v) is 11.6. The first-order valence-electron chi connectivity index (χ1n) is 26.4. The molecule has 5 aliphatic rings. The lowest BCUT2D eigenvalue weighted by atomic mass is 9.76. The van der Waals surface area contributed by atoms with Gasteiger partial charge in [-0.1, -0.05) is 91.8 Å². The molecule has 26 atom stereocenters. The Kier molecular flexibility index (Phi) is 21.7. The summed E-state index contributed by atoms with van der Waals surface area (Å²) < 4.78 is 49.1. The molecule has 0 aromatic heterocycles. The van der Waals surface area contributed by atoms with E-state index in [4.69, 9.17) is 37.9 Å². The van der Waals surface area contributed by atoms with Gasteiger partial charge in [0, 0.05) is 85.2 Å². The van der Waals surface area contributed by atoms with Crippen molar-refractivity contribution in [3.05, 3.63) is 48.6 Å². The first-order valence-corrected chi connectivity index (χ1v) is 26.4. The maximum Gasteiger partial charge on any atom is 0.331 e. The summed E-state index contributed by atoms with van der Waals surface area (Å²) >= 11 is 0. The molecule has 8 N–H and O–H groups in total. The van der Waals surface area contributed by atoms with E-state index in [0.29, 0.717) is 12.8 Å². The monoisotopic (exact) mass is 1020 g/mol. The van der Waals surface area contributed by atoms with Crippen molar-refractivity contribution in [1.29, 1.82) is 0 Å². The summed E-state index contributed by atoms with van der Waals surface area (Å²) in [4.78, 5) is 27.0. The van der Waals surface area contributed by atoms with Crippen LogP contribution in [0, 0.1) is 47.3 Å². The van der Waals surface area contributed by atoms with Crippen LogP contribution in [0.5, 0.6) is 0 Å². The Bertz CT molecular complexity index is 1710. The van der Waals surface area contributed by atoms with Gasteiger partial charge in [0.2, 0.25) is 0 Å². The summed E-state index contributed by atoms with van der Waals surface area (Å²) in [7, 11) is 0. The van der Waals surface area contributed by atoms with E-state index in [9.17, 15) is 50.4 Å². The molecule has 72 heavy (non-hydrogen) atoms. The van der Waals surface area contributed by atoms with Crippen molar-refractivity contribution in [2.75, 3.05) is 0 Å². The maximum absolute atomic E-state index is 13.5. The van der Waals surface area contributed by atoms with Gasteiger partial charge in [0.15, 0.2) is 24.2 Å². The van der Waals surface area contributed by atoms with Crippen LogP contribution in [0.4, 0.5) is 0 Å². The summed E-state index contributed by atoms with van der Waals surface area (Å²) in [5, 5.41) is 89.6. The molecular weight excluding hydrogens is 937 g/mol. The van der Waals surface area contributed by atoms with Gasteiger partial charge in [0.1, 0.15) is 24.4 Å². The molecule has 12 unspecified atom stereocenters. The predicted octanol–water partition coefficient (Wildman–Crippen LogP) is 4.12. The Hall–Kier alpha value is -2.66. The number of aliphatic hydroxyl groups excluding tert-OH is 6. The molecule has 4 saturated heterocycles. The molecule has 0 radical (unpaired) electrons. The van der Waals surface area contributed by atoms with Gasteiger partial charge >= 0.3 is 11.9 Å². The van der Waals surface area contributed by atoms with Gasteiger partial charge in [-0.05, 0) is 40.5 Å². The molecular formula is C54H88O18. The molecule has 0 aromatic rings. The molecule has 5 aliphatic heterocycles. The van der Waals surface area contributed by atoms with Crippen LogP contribution in [0.25, 0.3) is 0 Å². The van der Waals surface area contributed by atoms with E-state index >= 15 is 0 Å². The molecule has 4 fully saturated rings. The second kappa shape index (κ2) is 25.9. The highest BCUT2D eigenvalue weighted by atomic mass is 16.7. The van der Waals surface area contributed by atoms with Crippen LogP contribution in [0.15, 0.2) is 48.6 Å². The van der Waals surface area contributed by atoms with Crippen LogP contribution in [-0.4, -0.2) is 162 Å². The Morgan fingerprint density at radius 2 is 0.931 bits per heavy atom. The lowest BCUT2D eigenvalue weighted by Gasteiger charge is -2.50. The van der Waals surface area contributed by atoms with Crippen molar-refractivity contribution in [1.82, 2.24) is 0 Å². The summed E-state index contributed by atoms with van der Waals surface area (Å²) in [6.45, 7) is 21.3. The van der Waals surface area contributed by atoms with Crippen molar-refractivity contribution in [3.63, 3.8) is 0 Å². The Morgan fingerprint density at radius 1 is 0.583 bits per heavy atom. The second-order valence-electron chi connectivity index (χ2n) is 21.7. The first-order chi connectivity index (χ1) is 33.7. The lowest BCUT2D eigenvalue weighted by Crippen LogP contribution is -2.59. The van der Waals surface area contributed by atoms with Crippen LogP contribution < -0.4 is 0 Å². The molecule has 0 aliphatic carbocycles. The number of hydrogen-bond donors (Lipinski definition) is 8. The van der Waals surface area contributed by atoms with Gasteiger partial charge in [0.25, 0.3) is 0 Å². The van der Waals surface area contributed by atoms with Gasteiger partial charge in [0.05, 0.1) is 61.0 Å². The minimum absolute atomic E-state index is 0.0264. The number of carbonyl (C=O) groups is 2. The average molecular weight is 1030 g/mol. The topological polar surface area (TPSA) is 270 Å². The summed E-state index contributed by atoms with van der Waals surface area (Å²) in [5.74, 6) is -9.84. The molecule has 18 nitrogen and oxygen atoms in total. The van der Waals surface area contributed by atoms with Crippen LogP contribution in [0.1, 0.15) is 122 Å². The SMILES string of the molecule is CC[C@H]1C(OC2CC(O)C(O)C(C)O2)CC(O)([C@@H](C)[C@@H](O)[C@@H](C)[C@H]2OC(=O)/C=C/C=C/[C@H](C)[C@@H]([C@H](C)[C@H](O)[C@H](C)C3(O)CC(OC4CC(O)C(O)C(C)O4)[C@H](CC)[C@H](C)O3)OC(=O)/C=C/C=C/[C@@H]2C)O[C@H]1C. The molecule has 5 heterocycles. The molecule has 0 bridgehead atoms. The zero-order chi connectivity index (χ0) is 53.6. The van der Waals surface area contributed by atoms with Crippen LogP contribution in [-0.2, 0) is 47.5 Å². The molecule has 18 heteroatoms. The van der Waals surface area contributed by atoms with E-state index in [1.54, 1.807) is 79.7 Å². The zero-order valence-electron chi connectivity index (χ0n) is 44.4. The highest BCUT2D eigenvalue weighted by Gasteiger charge is 2.54. The third-order valence-electron chi connectivity index (χ3n) is 16.5. The van der Waals surface area contributed by atoms with E-state index in [-0.39, 0.29) is 37.5 Å². The quantitative estimate of drug-likeness (QED) is 0.114. The summed E-state index contributed by atoms with van der Waals surface area (Å²) in [6.07, 6.45) is -0.317. The van der Waals surface area contributed by atoms with Gasteiger partial charge in [-0.15, -0.1) is 0 Å². The third-order valence-corrected chi connectivity index (χ3v) is 16.5. The first kappa shape index (κ1) is 60.2. The third kappa shape index (κ3) is 14.4. The van der Waals surface area contributed by atoms with Crippen molar-refractivity contribution >= 4 is 11.9 Å². The van der Waals surface area contributed by atoms with Gasteiger partial charge in [-0.2, -0.15) is 0 Å². The predicted molar refractivity (Wildman–Crippen MR) is 263 cm³/mol. The van der Waals surface area contributed by atoms with Crippen molar-refractivity contribution in [3.8, 4) is 0 Å². The number of esters is 2. The molecule has 0 saturated carbocycles. The fourth-order valence-electron chi connectivity index (χ4n) is 11.6. The van der Waals surface area contributed by atoms with Gasteiger partial charge in [-0.25, -0.2) is 9.59 Å². The van der Waals surface area contributed by atoms with E-state index in [1.807, 2.05) is 27.7 Å². The van der Waals surface area contributed by atoms with E-state index in [0.717, 1.165) is 0 Å². The normalized spacial score (nSPS) is 46.1. The van der Waals surface area contributed by atoms with Crippen molar-refractivity contribution < 1.29 is 88.3 Å². The van der Waals surface area contributed by atoms with Crippen LogP contribution >= 0.6 is 0 Å². The molecule has 412 valence electrons. The minimum Gasteiger partial charge on any atom is -0.458 e. The van der Waals surface area contributed by atoms with Crippen LogP contribution in [0.3, 0.4) is 0 Å². The molecule has 5 rings (SSSR count). The molecule has 0 aromatic carbocycles. The van der Waals surface area contributed by atoms with Crippen molar-refractivity contribution in [2.24, 2.45) is 47.3 Å². The second-order valence-corrected chi connectivity index (χ2v) is 21.7. The fraction of sp³-hybridized carbons (Fsp3) is 0.815. The molecule has 0 amide bonds. The highest BCUT2D eigenvalue weighted by Crippen LogP contribution is 2.45. The Morgan fingerprint density at radius 3 is 1.25 bits per heavy atom. The number of allylic oxidation sites excluding steroid dienone is 4. The largest absolute Gasteiger partial charge is 0.458 e. The van der Waals surface area contributed by atoms with E-state index in [2.05, 4.69) is 0 Å². The molecule has 0 spiro atoms. The highest BCUT2D eigenvalue weighted by molar-refractivity contribution is 5.83. The van der Waals surface area contributed by atoms with Crippen LogP contribution in [0.2, 0.25) is 0 Å². The number of carbonyl (C=O) groups excluding carboxylic acids is 2. The Labute approximate surface area is 426 Å². The van der Waals surface area contributed by atoms with Gasteiger partial charge in [-0.3, -0.25) is 0 Å². The summed E-state index contributed by atoms with van der Waals surface area (Å²) in [5.41, 5.74) is 0. The number of rotatable bonds is 14. The standard InChI is InChI=1S/C54H88O18/c1-13-37-33(9)71-53(63,25-41(37)67-45-23-39(55)49(61)35(11)65-45)31(7)47(59)29(5)51-27(3)19-15-17-22-44(58)70-52(28(4)20-16-18-21-43(57)69-51)30(6)48(60)32(8)54(64)26-42(38(14-2)34(10)72-54)68-46-24-40(56)50(62)36(12)66-46/h15-22,27-42,45-52,55-56,59-64H,13-14,23-26H2,1-12H3/b19-15+,20-16+,21-18+,22-17+/t27-,28-,29+,30+,31-,32-,33-,34-,35?,36?,37+,38+,39?,40?,41?,42?,45?,46?,47-,48-,49?,50?,51-,52-,53?,54?/m0/s1. The minimum atomic E-state index is -1.88. The smallest absolute Gasteiger partial charge is 0.331 e. The number of cyclic esters (lactones) is 2. The van der Waals surface area contributed by atoms with Gasteiger partial charge < -0.3 is 78.7 Å². The lowest BCUT2D eigenvalue weighted by molar-refractivity contribution is -0.345. The maximum atomic E-state index is 13.5. The number of ether oxygens (including phenoxy) is 8. The summed E-state index contributed by atoms with van der Waals surface area (Å²) in [6, 6.07) is 0. The van der Waals surface area contributed by atoms with E-state index in [1.165, 1.54) is 24.3 Å². The number of aliphatic hydroxyl groups is 8.